The first kappa shape index (κ1) is 9.90. The summed E-state index contributed by atoms with van der Waals surface area (Å²) in [5, 5.41) is 8.18. The zero-order valence-electron chi connectivity index (χ0n) is 4.90. The summed E-state index contributed by atoms with van der Waals surface area (Å²) in [6.07, 6.45) is 0. The van der Waals surface area contributed by atoms with Gasteiger partial charge in [0.15, 0.2) is 0 Å². The van der Waals surface area contributed by atoms with Gasteiger partial charge in [0, 0.05) is 10.7 Å². The Labute approximate surface area is 68.0 Å². The first-order valence-electron chi connectivity index (χ1n) is 2.19. The fraction of sp³-hybridized carbons (Fsp3) is 0. The third kappa shape index (κ3) is 15.7. The number of hydrogen-bond acceptors (Lipinski definition) is 3. The third-order valence-electron chi connectivity index (χ3n) is 0.425. The van der Waals surface area contributed by atoms with Gasteiger partial charge in [0.05, 0.1) is 0 Å². The molecule has 0 amide bonds. The molecule has 0 aliphatic carbocycles. The first-order chi connectivity index (χ1) is 4.50. The summed E-state index contributed by atoms with van der Waals surface area (Å²) in [6, 6.07) is 4.04. The Hall–Kier alpha value is -0.100. The third-order valence-corrected chi connectivity index (χ3v) is 1.05. The number of rotatable bonds is 0. The molecule has 0 aliphatic rings. The summed E-state index contributed by atoms with van der Waals surface area (Å²) >= 11 is 1.71. The monoisotopic (exact) mass is 199 g/mol. The molecule has 1 aromatic rings. The van der Waals surface area contributed by atoms with E-state index in [4.69, 9.17) is 0 Å². The normalized spacial score (nSPS) is 9.80. The minimum absolute atomic E-state index is 1.71. The maximum Gasteiger partial charge on any atom is 0.294 e. The van der Waals surface area contributed by atoms with E-state index in [0.717, 1.165) is 0 Å². The molecule has 3 nitrogen and oxygen atoms in total. The average Bonchev–Trinajstić information content (AvgIpc) is 2.07. The van der Waals surface area contributed by atoms with Crippen LogP contribution in [0.25, 0.3) is 0 Å². The standard InChI is InChI=1S/C4H4S.ClH2NO2S/c1-2-4-5-3-1;1-5(2,3)4/h1-4H;(H2,2,3,4). The van der Waals surface area contributed by atoms with Crippen LogP contribution in [0, 0.1) is 0 Å². The Kier molecular flexibility index (Phi) is 4.63. The Bertz CT molecular complexity index is 217. The van der Waals surface area contributed by atoms with Gasteiger partial charge in [-0.3, -0.25) is 0 Å². The van der Waals surface area contributed by atoms with Gasteiger partial charge in [0.25, 0.3) is 9.24 Å². The van der Waals surface area contributed by atoms with E-state index in [0.29, 0.717) is 0 Å². The maximum atomic E-state index is 9.18. The number of thiophene rings is 1. The molecule has 0 bridgehead atoms. The molecule has 0 atom stereocenters. The highest BCUT2D eigenvalue weighted by Crippen LogP contribution is 1.91. The minimum Gasteiger partial charge on any atom is -0.215 e. The lowest BCUT2D eigenvalue weighted by Crippen LogP contribution is -2.00. The summed E-state index contributed by atoms with van der Waals surface area (Å²) in [4.78, 5) is 0. The lowest BCUT2D eigenvalue weighted by Gasteiger charge is -1.66. The van der Waals surface area contributed by atoms with E-state index >= 15 is 0 Å². The second kappa shape index (κ2) is 4.68. The van der Waals surface area contributed by atoms with E-state index in [1.807, 2.05) is 22.9 Å². The van der Waals surface area contributed by atoms with Crippen molar-refractivity contribution in [2.24, 2.45) is 5.14 Å². The van der Waals surface area contributed by atoms with E-state index in [1.54, 1.807) is 11.3 Å². The number of nitrogens with two attached hydrogens (primary N) is 1. The second-order valence-electron chi connectivity index (χ2n) is 1.27. The summed E-state index contributed by atoms with van der Waals surface area (Å²) in [5.41, 5.74) is 0. The largest absolute Gasteiger partial charge is 0.294 e. The van der Waals surface area contributed by atoms with Crippen molar-refractivity contribution in [1.29, 1.82) is 0 Å². The van der Waals surface area contributed by atoms with Crippen molar-refractivity contribution in [3.8, 4) is 0 Å². The van der Waals surface area contributed by atoms with Gasteiger partial charge in [0.2, 0.25) is 0 Å². The van der Waals surface area contributed by atoms with Crippen molar-refractivity contribution in [2.75, 3.05) is 0 Å². The smallest absolute Gasteiger partial charge is 0.215 e. The Balaban J connectivity index is 0.000000162. The van der Waals surface area contributed by atoms with E-state index in [-0.39, 0.29) is 0 Å². The molecule has 0 radical (unpaired) electrons. The molecule has 0 spiro atoms. The molecule has 6 heteroatoms. The molecular weight excluding hydrogens is 194 g/mol. The summed E-state index contributed by atoms with van der Waals surface area (Å²) in [5.74, 6) is 0. The van der Waals surface area contributed by atoms with Gasteiger partial charge in [-0.05, 0) is 10.8 Å². The Morgan fingerprint density at radius 3 is 1.70 bits per heavy atom. The van der Waals surface area contributed by atoms with Crippen LogP contribution in [0.3, 0.4) is 0 Å². The highest BCUT2D eigenvalue weighted by Gasteiger charge is 1.83. The van der Waals surface area contributed by atoms with Gasteiger partial charge in [0.1, 0.15) is 0 Å². The summed E-state index contributed by atoms with van der Waals surface area (Å²) < 4.78 is 18.4. The molecular formula is C4H6ClNO2S2. The molecule has 0 aromatic carbocycles. The predicted octanol–water partition coefficient (Wildman–Crippen LogP) is 1.18. The molecule has 1 rings (SSSR count). The van der Waals surface area contributed by atoms with E-state index < -0.39 is 9.24 Å². The summed E-state index contributed by atoms with van der Waals surface area (Å²) in [6.45, 7) is 0. The lowest BCUT2D eigenvalue weighted by molar-refractivity contribution is 0.611. The molecule has 0 unspecified atom stereocenters. The Morgan fingerprint density at radius 1 is 1.30 bits per heavy atom. The van der Waals surface area contributed by atoms with Crippen LogP contribution in [0.4, 0.5) is 0 Å². The molecule has 2 N–H and O–H groups in total. The van der Waals surface area contributed by atoms with Crippen LogP contribution in [-0.4, -0.2) is 8.42 Å². The van der Waals surface area contributed by atoms with Crippen molar-refractivity contribution >= 4 is 31.3 Å². The molecule has 0 saturated heterocycles. The van der Waals surface area contributed by atoms with Crippen LogP contribution in [0.15, 0.2) is 22.9 Å². The van der Waals surface area contributed by atoms with Gasteiger partial charge in [-0.15, -0.1) is 0 Å². The average molecular weight is 200 g/mol. The van der Waals surface area contributed by atoms with Crippen LogP contribution >= 0.6 is 22.0 Å². The van der Waals surface area contributed by atoms with Gasteiger partial charge in [-0.1, -0.05) is 12.1 Å². The predicted molar refractivity (Wildman–Crippen MR) is 43.3 cm³/mol. The van der Waals surface area contributed by atoms with Gasteiger partial charge >= 0.3 is 0 Å². The van der Waals surface area contributed by atoms with Crippen molar-refractivity contribution in [3.05, 3.63) is 22.9 Å². The van der Waals surface area contributed by atoms with E-state index in [1.165, 1.54) is 0 Å². The van der Waals surface area contributed by atoms with Crippen molar-refractivity contribution in [2.45, 2.75) is 0 Å². The summed E-state index contributed by atoms with van der Waals surface area (Å²) in [7, 11) is 0.586. The molecule has 1 aromatic heterocycles. The number of hydrogen-bond donors (Lipinski definition) is 1. The van der Waals surface area contributed by atoms with Gasteiger partial charge < -0.3 is 0 Å². The van der Waals surface area contributed by atoms with Crippen molar-refractivity contribution in [3.63, 3.8) is 0 Å². The minimum atomic E-state index is -3.69. The van der Waals surface area contributed by atoms with Crippen molar-refractivity contribution in [1.82, 2.24) is 0 Å². The van der Waals surface area contributed by atoms with Crippen LogP contribution in [0.2, 0.25) is 0 Å². The first-order valence-corrected chi connectivity index (χ1v) is 5.51. The van der Waals surface area contributed by atoms with Crippen LogP contribution in [0.5, 0.6) is 0 Å². The number of halogens is 1. The van der Waals surface area contributed by atoms with E-state index in [2.05, 4.69) is 15.8 Å². The maximum absolute atomic E-state index is 9.18. The fourth-order valence-electron chi connectivity index (χ4n) is 0.227. The van der Waals surface area contributed by atoms with Crippen LogP contribution < -0.4 is 5.14 Å². The van der Waals surface area contributed by atoms with Crippen LogP contribution in [-0.2, 0) is 9.24 Å². The molecule has 10 heavy (non-hydrogen) atoms. The zero-order chi connectivity index (χ0) is 8.04. The highest BCUT2D eigenvalue weighted by molar-refractivity contribution is 8.11. The molecule has 0 fully saturated rings. The molecule has 1 heterocycles. The van der Waals surface area contributed by atoms with E-state index in [9.17, 15) is 8.42 Å². The zero-order valence-corrected chi connectivity index (χ0v) is 7.29. The topological polar surface area (TPSA) is 60.2 Å². The molecule has 0 saturated carbocycles. The second-order valence-corrected chi connectivity index (χ2v) is 4.33. The van der Waals surface area contributed by atoms with Crippen LogP contribution in [0.1, 0.15) is 0 Å². The highest BCUT2D eigenvalue weighted by atomic mass is 35.7. The Morgan fingerprint density at radius 2 is 1.60 bits per heavy atom. The van der Waals surface area contributed by atoms with Gasteiger partial charge in [-0.25, -0.2) is 5.14 Å². The van der Waals surface area contributed by atoms with Crippen molar-refractivity contribution < 1.29 is 8.42 Å². The SMILES string of the molecule is NS(=O)(=O)Cl.c1ccsc1. The molecule has 58 valence electrons. The fourth-order valence-corrected chi connectivity index (χ4v) is 0.680. The lowest BCUT2D eigenvalue weighted by atomic mass is 10.7. The molecule has 0 aliphatic heterocycles. The van der Waals surface area contributed by atoms with Gasteiger partial charge in [-0.2, -0.15) is 19.8 Å². The quantitative estimate of drug-likeness (QED) is 0.638.